The van der Waals surface area contributed by atoms with Gasteiger partial charge in [-0.05, 0) is 24.1 Å². The number of fused-ring (bicyclic) bond motifs is 1. The highest BCUT2D eigenvalue weighted by atomic mass is 19.1. The molecule has 1 aliphatic rings. The molecule has 1 unspecified atom stereocenters. The molecule has 1 aliphatic heterocycles. The number of benzene rings is 1. The summed E-state index contributed by atoms with van der Waals surface area (Å²) in [5.74, 6) is 0.318. The Hall–Kier alpha value is -2.48. The minimum Gasteiger partial charge on any atom is -0.318 e. The summed E-state index contributed by atoms with van der Waals surface area (Å²) in [7, 11) is 0. The third-order valence-electron chi connectivity index (χ3n) is 3.47. The van der Waals surface area contributed by atoms with Gasteiger partial charge in [0.1, 0.15) is 23.4 Å². The molecule has 0 fully saturated rings. The van der Waals surface area contributed by atoms with Crippen LogP contribution in [0.4, 0.5) is 4.39 Å². The van der Waals surface area contributed by atoms with Gasteiger partial charge in [0.2, 0.25) is 0 Å². The average Bonchev–Trinajstić information content (AvgIpc) is 2.99. The number of imidazole rings is 1. The molecule has 19 heavy (non-hydrogen) atoms. The molecule has 0 aliphatic carbocycles. The van der Waals surface area contributed by atoms with Crippen molar-refractivity contribution in [3.63, 3.8) is 0 Å². The molecule has 3 rings (SSSR count). The van der Waals surface area contributed by atoms with E-state index in [2.05, 4.69) is 4.98 Å². The zero-order chi connectivity index (χ0) is 13.4. The fourth-order valence-corrected chi connectivity index (χ4v) is 2.59. The van der Waals surface area contributed by atoms with Crippen LogP contribution in [0, 0.1) is 17.1 Å². The Morgan fingerprint density at radius 3 is 3.05 bits per heavy atom. The quantitative estimate of drug-likeness (QED) is 0.773. The Labute approximate surface area is 109 Å². The molecular weight excluding hydrogens is 245 g/mol. The van der Waals surface area contributed by atoms with Crippen LogP contribution in [0.2, 0.25) is 0 Å². The maximum Gasteiger partial charge on any atom is 0.168 e. The maximum absolute atomic E-state index is 13.7. The summed E-state index contributed by atoms with van der Waals surface area (Å²) < 4.78 is 15.5. The van der Waals surface area contributed by atoms with Gasteiger partial charge in [-0.1, -0.05) is 6.07 Å². The van der Waals surface area contributed by atoms with E-state index in [9.17, 15) is 9.18 Å². The van der Waals surface area contributed by atoms with Gasteiger partial charge in [-0.3, -0.25) is 4.79 Å². The molecule has 0 saturated carbocycles. The summed E-state index contributed by atoms with van der Waals surface area (Å²) in [6, 6.07) is 6.29. The van der Waals surface area contributed by atoms with Crippen molar-refractivity contribution >= 4 is 6.29 Å². The van der Waals surface area contributed by atoms with Crippen LogP contribution in [-0.2, 0) is 6.42 Å². The summed E-state index contributed by atoms with van der Waals surface area (Å²) in [4.78, 5) is 15.2. The first-order valence-electron chi connectivity index (χ1n) is 5.95. The summed E-state index contributed by atoms with van der Waals surface area (Å²) in [6.45, 7) is 0. The van der Waals surface area contributed by atoms with Crippen LogP contribution in [0.15, 0.2) is 24.4 Å². The highest BCUT2D eigenvalue weighted by molar-refractivity contribution is 5.72. The molecule has 0 spiro atoms. The monoisotopic (exact) mass is 255 g/mol. The smallest absolute Gasteiger partial charge is 0.168 e. The number of aldehydes is 1. The molecule has 0 radical (unpaired) electrons. The lowest BCUT2D eigenvalue weighted by Crippen LogP contribution is -2.09. The predicted octanol–water partition coefficient (Wildman–Crippen LogP) is 2.24. The molecule has 0 amide bonds. The molecule has 4 nitrogen and oxygen atoms in total. The fraction of sp³-hybridized carbons (Fsp3) is 0.214. The molecule has 0 bridgehead atoms. The van der Waals surface area contributed by atoms with E-state index in [1.165, 1.54) is 18.3 Å². The molecule has 1 aromatic heterocycles. The van der Waals surface area contributed by atoms with Crippen molar-refractivity contribution in [1.82, 2.24) is 9.55 Å². The molecule has 5 heteroatoms. The van der Waals surface area contributed by atoms with Gasteiger partial charge in [0.25, 0.3) is 0 Å². The van der Waals surface area contributed by atoms with Crippen molar-refractivity contribution in [3.8, 4) is 6.07 Å². The molecule has 0 saturated heterocycles. The summed E-state index contributed by atoms with van der Waals surface area (Å²) in [5.41, 5.74) is 1.29. The minimum atomic E-state index is -0.527. The Bertz CT molecular complexity index is 699. The van der Waals surface area contributed by atoms with E-state index in [0.717, 1.165) is 30.5 Å². The van der Waals surface area contributed by atoms with E-state index in [1.54, 1.807) is 12.1 Å². The number of carbonyl (C=O) groups excluding carboxylic acids is 1. The van der Waals surface area contributed by atoms with E-state index in [-0.39, 0.29) is 11.6 Å². The number of nitriles is 1. The lowest BCUT2D eigenvalue weighted by atomic mass is 10.0. The van der Waals surface area contributed by atoms with Gasteiger partial charge >= 0.3 is 0 Å². The number of halogens is 1. The highest BCUT2D eigenvalue weighted by Gasteiger charge is 2.27. The fourth-order valence-electron chi connectivity index (χ4n) is 2.59. The number of aromatic nitrogens is 2. The van der Waals surface area contributed by atoms with Crippen LogP contribution in [0.1, 0.15) is 39.9 Å². The number of carbonyl (C=O) groups is 1. The largest absolute Gasteiger partial charge is 0.318 e. The second kappa shape index (κ2) is 4.32. The topological polar surface area (TPSA) is 58.7 Å². The highest BCUT2D eigenvalue weighted by Crippen LogP contribution is 2.33. The Balaban J connectivity index is 2.06. The number of aryl methyl sites for hydroxylation is 1. The van der Waals surface area contributed by atoms with E-state index >= 15 is 0 Å². The van der Waals surface area contributed by atoms with Crippen LogP contribution < -0.4 is 0 Å². The van der Waals surface area contributed by atoms with E-state index in [0.29, 0.717) is 5.69 Å². The number of rotatable bonds is 2. The minimum absolute atomic E-state index is 0.0308. The second-order valence-electron chi connectivity index (χ2n) is 4.49. The van der Waals surface area contributed by atoms with Crippen molar-refractivity contribution < 1.29 is 9.18 Å². The molecule has 1 atom stereocenters. The van der Waals surface area contributed by atoms with Crippen molar-refractivity contribution in [2.24, 2.45) is 0 Å². The van der Waals surface area contributed by atoms with E-state index in [4.69, 9.17) is 5.26 Å². The molecule has 1 aromatic carbocycles. The first kappa shape index (κ1) is 11.6. The first-order chi connectivity index (χ1) is 9.24. The third-order valence-corrected chi connectivity index (χ3v) is 3.47. The van der Waals surface area contributed by atoms with Gasteiger partial charge in [-0.15, -0.1) is 0 Å². The SMILES string of the molecule is N#Cc1ccc(C2CCc3ncc(C=O)n32)cc1F. The van der Waals surface area contributed by atoms with Gasteiger partial charge in [-0.2, -0.15) is 5.26 Å². The Morgan fingerprint density at radius 2 is 2.37 bits per heavy atom. The maximum atomic E-state index is 13.7. The lowest BCUT2D eigenvalue weighted by molar-refractivity contribution is 0.111. The van der Waals surface area contributed by atoms with Gasteiger partial charge in [0.15, 0.2) is 6.29 Å². The van der Waals surface area contributed by atoms with Crippen LogP contribution >= 0.6 is 0 Å². The second-order valence-corrected chi connectivity index (χ2v) is 4.49. The standard InChI is InChI=1S/C14H10FN3O/c15-12-5-9(1-2-10(12)6-16)13-3-4-14-17-7-11(8-19)18(13)14/h1-2,5,7-8,13H,3-4H2. The zero-order valence-electron chi connectivity index (χ0n) is 10.0. The van der Waals surface area contributed by atoms with Gasteiger partial charge in [0.05, 0.1) is 17.8 Å². The average molecular weight is 255 g/mol. The summed E-state index contributed by atoms with van der Waals surface area (Å²) in [6.07, 6.45) is 3.85. The van der Waals surface area contributed by atoms with Crippen molar-refractivity contribution in [1.29, 1.82) is 5.26 Å². The molecule has 2 aromatic rings. The first-order valence-corrected chi connectivity index (χ1v) is 5.95. The molecular formula is C14H10FN3O. The third kappa shape index (κ3) is 1.73. The lowest BCUT2D eigenvalue weighted by Gasteiger charge is -2.15. The Morgan fingerprint density at radius 1 is 1.53 bits per heavy atom. The van der Waals surface area contributed by atoms with E-state index < -0.39 is 5.82 Å². The van der Waals surface area contributed by atoms with Crippen LogP contribution in [0.25, 0.3) is 0 Å². The molecule has 2 heterocycles. The summed E-state index contributed by atoms with van der Waals surface area (Å²) in [5, 5.41) is 8.73. The van der Waals surface area contributed by atoms with Gasteiger partial charge < -0.3 is 4.57 Å². The van der Waals surface area contributed by atoms with Crippen molar-refractivity contribution in [2.75, 3.05) is 0 Å². The van der Waals surface area contributed by atoms with Crippen LogP contribution in [-0.4, -0.2) is 15.8 Å². The number of hydrogen-bond donors (Lipinski definition) is 0. The van der Waals surface area contributed by atoms with Crippen LogP contribution in [0.5, 0.6) is 0 Å². The number of nitrogens with zero attached hydrogens (tertiary/aromatic N) is 3. The van der Waals surface area contributed by atoms with Gasteiger partial charge in [0, 0.05) is 6.42 Å². The van der Waals surface area contributed by atoms with E-state index in [1.807, 2.05) is 4.57 Å². The number of hydrogen-bond acceptors (Lipinski definition) is 3. The molecule has 94 valence electrons. The van der Waals surface area contributed by atoms with Crippen molar-refractivity contribution in [3.05, 3.63) is 52.9 Å². The predicted molar refractivity (Wildman–Crippen MR) is 65.2 cm³/mol. The Kier molecular flexibility index (Phi) is 2.64. The van der Waals surface area contributed by atoms with Gasteiger partial charge in [-0.25, -0.2) is 9.37 Å². The summed E-state index contributed by atoms with van der Waals surface area (Å²) >= 11 is 0. The normalized spacial score (nSPS) is 16.9. The van der Waals surface area contributed by atoms with Crippen molar-refractivity contribution in [2.45, 2.75) is 18.9 Å². The van der Waals surface area contributed by atoms with Crippen LogP contribution in [0.3, 0.4) is 0 Å². The zero-order valence-corrected chi connectivity index (χ0v) is 10.0. The molecule has 0 N–H and O–H groups in total.